The van der Waals surface area contributed by atoms with Gasteiger partial charge in [-0.1, -0.05) is 46.9 Å². The van der Waals surface area contributed by atoms with Crippen LogP contribution in [0.25, 0.3) is 5.00 Å². The number of aromatic nitrogens is 5. The highest BCUT2D eigenvalue weighted by atomic mass is 35.5. The first-order valence-electron chi connectivity index (χ1n) is 20.4. The maximum absolute atomic E-state index is 13.3. The molecule has 1 amide bonds. The molecular formula is C43H48Cl3N11O3S. The number of benzene rings is 2. The van der Waals surface area contributed by atoms with Crippen molar-refractivity contribution >= 4 is 75.1 Å². The predicted molar refractivity (Wildman–Crippen MR) is 241 cm³/mol. The Labute approximate surface area is 374 Å². The molecule has 0 saturated carbocycles. The van der Waals surface area contributed by atoms with E-state index in [0.29, 0.717) is 58.9 Å². The van der Waals surface area contributed by atoms with Crippen molar-refractivity contribution < 1.29 is 14.3 Å². The van der Waals surface area contributed by atoms with Gasteiger partial charge in [0.1, 0.15) is 28.5 Å². The number of nitrogens with zero attached hydrogens (tertiary/aromatic N) is 9. The summed E-state index contributed by atoms with van der Waals surface area (Å²) >= 11 is 20.3. The number of amides is 1. The van der Waals surface area contributed by atoms with Gasteiger partial charge in [0.15, 0.2) is 11.6 Å². The Bertz CT molecular complexity index is 2450. The number of hydrazine groups is 1. The Balaban J connectivity index is 0.759. The zero-order valence-corrected chi connectivity index (χ0v) is 37.6. The highest BCUT2D eigenvalue weighted by Crippen LogP contribution is 2.39. The van der Waals surface area contributed by atoms with Gasteiger partial charge in [-0.05, 0) is 76.4 Å². The minimum absolute atomic E-state index is 0.120. The van der Waals surface area contributed by atoms with Crippen LogP contribution in [0.4, 0.5) is 11.5 Å². The van der Waals surface area contributed by atoms with Gasteiger partial charge in [0.05, 0.1) is 59.5 Å². The topological polar surface area (TPSA) is 147 Å². The summed E-state index contributed by atoms with van der Waals surface area (Å²) in [4.78, 5) is 36.2. The molecule has 0 bridgehead atoms. The van der Waals surface area contributed by atoms with E-state index >= 15 is 0 Å². The molecule has 3 aliphatic heterocycles. The molecule has 0 spiro atoms. The highest BCUT2D eigenvalue weighted by Gasteiger charge is 2.32. The van der Waals surface area contributed by atoms with Crippen molar-refractivity contribution in [3.05, 3.63) is 108 Å². The van der Waals surface area contributed by atoms with Crippen LogP contribution in [0.2, 0.25) is 15.1 Å². The molecule has 1 atom stereocenters. The lowest BCUT2D eigenvalue weighted by Crippen LogP contribution is -2.37. The van der Waals surface area contributed by atoms with Crippen molar-refractivity contribution in [3.8, 4) is 5.00 Å². The average molecular weight is 905 g/mol. The number of thiophene rings is 1. The molecule has 61 heavy (non-hydrogen) atoms. The number of carbonyl (C=O) groups excluding carboxylic acids is 1. The largest absolute Gasteiger partial charge is 0.377 e. The van der Waals surface area contributed by atoms with Crippen molar-refractivity contribution in [1.29, 1.82) is 0 Å². The van der Waals surface area contributed by atoms with Crippen LogP contribution in [0, 0.1) is 27.7 Å². The van der Waals surface area contributed by atoms with Crippen molar-refractivity contribution in [2.45, 2.75) is 72.1 Å². The van der Waals surface area contributed by atoms with Crippen LogP contribution in [0.3, 0.4) is 0 Å². The van der Waals surface area contributed by atoms with E-state index in [1.807, 2.05) is 65.9 Å². The summed E-state index contributed by atoms with van der Waals surface area (Å²) < 4.78 is 14.1. The first kappa shape index (κ1) is 43.2. The summed E-state index contributed by atoms with van der Waals surface area (Å²) in [5.41, 5.74) is 9.15. The maximum Gasteiger partial charge on any atom is 0.222 e. The molecule has 3 aliphatic rings. The fourth-order valence-electron chi connectivity index (χ4n) is 7.78. The third-order valence-corrected chi connectivity index (χ3v) is 13.2. The van der Waals surface area contributed by atoms with Crippen LogP contribution < -0.4 is 15.8 Å². The number of halogens is 3. The molecule has 5 aromatic rings. The van der Waals surface area contributed by atoms with E-state index < -0.39 is 6.04 Å². The fraction of sp³-hybridized carbons (Fsp3) is 0.419. The van der Waals surface area contributed by atoms with Gasteiger partial charge in [-0.3, -0.25) is 29.7 Å². The fourth-order valence-corrected chi connectivity index (χ4v) is 9.42. The van der Waals surface area contributed by atoms with Gasteiger partial charge in [0, 0.05) is 66.2 Å². The number of nitrogens with one attached hydrogen (secondary N) is 2. The van der Waals surface area contributed by atoms with Crippen molar-refractivity contribution in [3.63, 3.8) is 0 Å². The summed E-state index contributed by atoms with van der Waals surface area (Å²) in [6, 6.07) is 14.6. The lowest BCUT2D eigenvalue weighted by atomic mass is 9.99. The number of amidine groups is 1. The number of aryl methyl sites for hydroxylation is 3. The first-order valence-corrected chi connectivity index (χ1v) is 22.4. The number of aliphatic imine (C=N–C) groups is 2. The Kier molecular flexibility index (Phi) is 13.6. The van der Waals surface area contributed by atoms with Crippen LogP contribution in [-0.4, -0.2) is 99.2 Å². The van der Waals surface area contributed by atoms with Gasteiger partial charge < -0.3 is 14.8 Å². The standard InChI is InChI=1S/C43H48Cl3N11O3S/c1-25-26(2)61-43-40(25)41(29-5-7-30(44)8-6-29)50-36(42-53-52-28(4)57(42)43)23-39(58)47-14-18-59-19-20-60-33-11-15-55(16-12-33)24-31-21-38(49-27(3)48-31)51-37-13-17-56(54-37)32-9-10-34(45)35(46)22-32/h5-10,21-22,33,36H,11-20,23-24H2,1-4H3,(H,47,58)(H,48,49,51,54)/t36-/m0/s1. The third-order valence-electron chi connectivity index (χ3n) is 11.0. The van der Waals surface area contributed by atoms with Crippen LogP contribution in [0.15, 0.2) is 58.5 Å². The second kappa shape index (κ2) is 19.3. The summed E-state index contributed by atoms with van der Waals surface area (Å²) in [5, 5.41) is 16.6. The summed E-state index contributed by atoms with van der Waals surface area (Å²) in [6.45, 7) is 13.0. The molecule has 18 heteroatoms. The zero-order chi connectivity index (χ0) is 42.6. The van der Waals surface area contributed by atoms with E-state index in [1.54, 1.807) is 17.4 Å². The SMILES string of the molecule is Cc1nc(CN2CCC(OCCOCCNC(=O)C[C@@H]3N=C(c4ccc(Cl)cc4)c4c(sc(C)c4C)-n4c(C)nnc43)CC2)cc(N=C2CCN(c3ccc(Cl)c(Cl)c3)N2)n1. The number of rotatable bonds is 14. The molecule has 320 valence electrons. The van der Waals surface area contributed by atoms with E-state index in [2.05, 4.69) is 44.7 Å². The lowest BCUT2D eigenvalue weighted by Gasteiger charge is -2.31. The van der Waals surface area contributed by atoms with Crippen LogP contribution in [0.1, 0.15) is 76.5 Å². The van der Waals surface area contributed by atoms with E-state index in [1.165, 1.54) is 4.88 Å². The van der Waals surface area contributed by atoms with Crippen molar-refractivity contribution in [1.82, 2.24) is 40.4 Å². The third kappa shape index (κ3) is 10.3. The molecule has 3 aromatic heterocycles. The second-order valence-electron chi connectivity index (χ2n) is 15.4. The van der Waals surface area contributed by atoms with Crippen molar-refractivity contribution in [2.24, 2.45) is 9.98 Å². The zero-order valence-electron chi connectivity index (χ0n) is 34.6. The number of piperidine rings is 1. The summed E-state index contributed by atoms with van der Waals surface area (Å²) in [6.07, 6.45) is 2.89. The number of hydrogen-bond acceptors (Lipinski definition) is 12. The molecule has 8 rings (SSSR count). The number of likely N-dealkylation sites (tertiary alicyclic amines) is 1. The molecule has 6 heterocycles. The van der Waals surface area contributed by atoms with Crippen molar-refractivity contribution in [2.75, 3.05) is 51.0 Å². The summed E-state index contributed by atoms with van der Waals surface area (Å²) in [5.74, 6) is 3.42. The molecule has 0 aliphatic carbocycles. The Morgan fingerprint density at radius 2 is 1.75 bits per heavy atom. The monoisotopic (exact) mass is 903 g/mol. The van der Waals surface area contributed by atoms with E-state index in [-0.39, 0.29) is 18.4 Å². The van der Waals surface area contributed by atoms with Crippen LogP contribution in [-0.2, 0) is 20.8 Å². The van der Waals surface area contributed by atoms with Gasteiger partial charge in [-0.2, -0.15) is 0 Å². The number of carbonyl (C=O) groups is 1. The minimum atomic E-state index is -0.530. The molecular weight excluding hydrogens is 857 g/mol. The van der Waals surface area contributed by atoms with Gasteiger partial charge >= 0.3 is 0 Å². The quantitative estimate of drug-likeness (QED) is 0.106. The van der Waals surface area contributed by atoms with Gasteiger partial charge in [0.25, 0.3) is 0 Å². The normalized spacial score (nSPS) is 17.6. The molecule has 2 aromatic carbocycles. The van der Waals surface area contributed by atoms with Crippen LogP contribution in [0.5, 0.6) is 0 Å². The van der Waals surface area contributed by atoms with E-state index in [4.69, 9.17) is 59.2 Å². The molecule has 14 nitrogen and oxygen atoms in total. The average Bonchev–Trinajstić information content (AvgIpc) is 3.92. The second-order valence-corrected chi connectivity index (χ2v) is 17.8. The minimum Gasteiger partial charge on any atom is -0.377 e. The molecule has 2 N–H and O–H groups in total. The first-order chi connectivity index (χ1) is 29.5. The molecule has 2 saturated heterocycles. The molecule has 0 radical (unpaired) electrons. The number of ether oxygens (including phenoxy) is 2. The highest BCUT2D eigenvalue weighted by molar-refractivity contribution is 7.15. The maximum atomic E-state index is 13.3. The number of fused-ring (bicyclic) bond motifs is 3. The van der Waals surface area contributed by atoms with Crippen LogP contribution >= 0.6 is 46.1 Å². The molecule has 2 fully saturated rings. The lowest BCUT2D eigenvalue weighted by molar-refractivity contribution is -0.121. The Morgan fingerprint density at radius 1 is 0.951 bits per heavy atom. The Hall–Kier alpha value is -4.48. The number of anilines is 1. The number of hydrogen-bond donors (Lipinski definition) is 2. The van der Waals surface area contributed by atoms with Gasteiger partial charge in [-0.25, -0.2) is 15.0 Å². The van der Waals surface area contributed by atoms with Gasteiger partial charge in [-0.15, -0.1) is 21.5 Å². The predicted octanol–water partition coefficient (Wildman–Crippen LogP) is 7.85. The smallest absolute Gasteiger partial charge is 0.222 e. The Morgan fingerprint density at radius 3 is 2.54 bits per heavy atom. The summed E-state index contributed by atoms with van der Waals surface area (Å²) in [7, 11) is 0. The van der Waals surface area contributed by atoms with E-state index in [0.717, 1.165) is 95.9 Å². The van der Waals surface area contributed by atoms with E-state index in [9.17, 15) is 4.79 Å². The molecule has 0 unspecified atom stereocenters. The van der Waals surface area contributed by atoms with Gasteiger partial charge in [0.2, 0.25) is 5.91 Å².